The molecule has 1 aromatic rings. The molecule has 19 heavy (non-hydrogen) atoms. The van der Waals surface area contributed by atoms with Crippen LogP contribution in [0.3, 0.4) is 0 Å². The van der Waals surface area contributed by atoms with E-state index in [9.17, 15) is 0 Å². The number of halogens is 1. The summed E-state index contributed by atoms with van der Waals surface area (Å²) in [6.45, 7) is 8.99. The van der Waals surface area contributed by atoms with E-state index in [1.807, 2.05) is 0 Å². The van der Waals surface area contributed by atoms with Gasteiger partial charge in [-0.3, -0.25) is 0 Å². The van der Waals surface area contributed by atoms with E-state index in [1.54, 1.807) is 0 Å². The van der Waals surface area contributed by atoms with Gasteiger partial charge in [-0.15, -0.1) is 0 Å². The van der Waals surface area contributed by atoms with Crippen molar-refractivity contribution in [2.45, 2.75) is 59.2 Å². The van der Waals surface area contributed by atoms with Crippen molar-refractivity contribution in [3.8, 4) is 0 Å². The molecule has 108 valence electrons. The Morgan fingerprint density at radius 1 is 1.26 bits per heavy atom. The van der Waals surface area contributed by atoms with Gasteiger partial charge in [-0.05, 0) is 23.6 Å². The molecule has 0 fully saturated rings. The first-order valence-corrected chi connectivity index (χ1v) is 8.01. The molecule has 0 heterocycles. The second kappa shape index (κ2) is 9.51. The molecule has 0 spiro atoms. The molecule has 0 aromatic heterocycles. The second-order valence-electron chi connectivity index (χ2n) is 5.22. The van der Waals surface area contributed by atoms with Crippen molar-refractivity contribution in [3.05, 3.63) is 33.8 Å². The summed E-state index contributed by atoms with van der Waals surface area (Å²) in [6.07, 6.45) is 3.65. The highest BCUT2D eigenvalue weighted by molar-refractivity contribution is 9.10. The maximum Gasteiger partial charge on any atom is 0.0727 e. The second-order valence-corrected chi connectivity index (χ2v) is 6.08. The van der Waals surface area contributed by atoms with Crippen molar-refractivity contribution >= 4 is 15.9 Å². The van der Waals surface area contributed by atoms with Crippen molar-refractivity contribution in [2.24, 2.45) is 0 Å². The molecule has 0 amide bonds. The Labute approximate surface area is 126 Å². The van der Waals surface area contributed by atoms with E-state index < -0.39 is 0 Å². The van der Waals surface area contributed by atoms with Crippen LogP contribution in [0.4, 0.5) is 0 Å². The van der Waals surface area contributed by atoms with Crippen LogP contribution in [0.25, 0.3) is 0 Å². The maximum atomic E-state index is 5.70. The van der Waals surface area contributed by atoms with E-state index in [4.69, 9.17) is 4.74 Å². The van der Waals surface area contributed by atoms with E-state index in [-0.39, 0.29) is 0 Å². The summed E-state index contributed by atoms with van der Waals surface area (Å²) in [6, 6.07) is 7.02. The van der Waals surface area contributed by atoms with Crippen molar-refractivity contribution < 1.29 is 4.74 Å². The Hall–Kier alpha value is -0.380. The number of hydrogen-bond acceptors (Lipinski definition) is 2. The van der Waals surface area contributed by atoms with Gasteiger partial charge in [0.05, 0.1) is 6.61 Å². The molecule has 0 aliphatic heterocycles. The summed E-state index contributed by atoms with van der Waals surface area (Å²) in [4.78, 5) is 0. The number of unbranched alkanes of at least 4 members (excludes halogenated alkanes) is 2. The Balaban J connectivity index is 2.39. The molecule has 0 saturated heterocycles. The molecule has 2 nitrogen and oxygen atoms in total. The third kappa shape index (κ3) is 7.09. The van der Waals surface area contributed by atoms with Gasteiger partial charge < -0.3 is 10.1 Å². The fraction of sp³-hybridized carbons (Fsp3) is 0.625. The average molecular weight is 328 g/mol. The van der Waals surface area contributed by atoms with Gasteiger partial charge in [-0.25, -0.2) is 0 Å². The lowest BCUT2D eigenvalue weighted by Crippen LogP contribution is -2.21. The Kier molecular flexibility index (Phi) is 8.35. The number of nitrogens with one attached hydrogen (secondary N) is 1. The minimum atomic E-state index is 0.514. The van der Waals surface area contributed by atoms with Crippen LogP contribution in [-0.4, -0.2) is 12.6 Å². The first-order chi connectivity index (χ1) is 9.13. The third-order valence-electron chi connectivity index (χ3n) is 2.98. The molecule has 1 aromatic carbocycles. The van der Waals surface area contributed by atoms with E-state index in [0.717, 1.165) is 24.0 Å². The molecule has 0 saturated carbocycles. The molecular formula is C16H26BrNO. The maximum absolute atomic E-state index is 5.70. The quantitative estimate of drug-likeness (QED) is 0.666. The summed E-state index contributed by atoms with van der Waals surface area (Å²) in [5, 5.41) is 3.42. The summed E-state index contributed by atoms with van der Waals surface area (Å²) < 4.78 is 6.84. The van der Waals surface area contributed by atoms with Crippen LogP contribution in [0.1, 0.15) is 51.2 Å². The van der Waals surface area contributed by atoms with Gasteiger partial charge in [0.1, 0.15) is 0 Å². The van der Waals surface area contributed by atoms with Crippen LogP contribution in [0.5, 0.6) is 0 Å². The highest BCUT2D eigenvalue weighted by Gasteiger charge is 2.02. The predicted molar refractivity (Wildman–Crippen MR) is 85.3 cm³/mol. The van der Waals surface area contributed by atoms with Crippen LogP contribution >= 0.6 is 15.9 Å². The summed E-state index contributed by atoms with van der Waals surface area (Å²) >= 11 is 3.63. The molecule has 3 heteroatoms. The SMILES string of the molecule is CCCCCOCc1ccc(CNC(C)C)cc1Br. The highest BCUT2D eigenvalue weighted by atomic mass is 79.9. The predicted octanol–water partition coefficient (Wildman–Crippen LogP) is 4.65. The van der Waals surface area contributed by atoms with E-state index in [1.165, 1.54) is 24.0 Å². The van der Waals surface area contributed by atoms with Gasteiger partial charge in [-0.1, -0.05) is 61.7 Å². The summed E-state index contributed by atoms with van der Waals surface area (Å²) in [5.41, 5.74) is 2.53. The fourth-order valence-corrected chi connectivity index (χ4v) is 2.32. The molecule has 0 unspecified atom stereocenters. The Morgan fingerprint density at radius 3 is 2.68 bits per heavy atom. The van der Waals surface area contributed by atoms with Crippen LogP contribution in [-0.2, 0) is 17.9 Å². The van der Waals surface area contributed by atoms with Crippen LogP contribution in [0.2, 0.25) is 0 Å². The molecule has 0 radical (unpaired) electrons. The zero-order chi connectivity index (χ0) is 14.1. The topological polar surface area (TPSA) is 21.3 Å². The lowest BCUT2D eigenvalue weighted by molar-refractivity contribution is 0.116. The summed E-state index contributed by atoms with van der Waals surface area (Å²) in [7, 11) is 0. The van der Waals surface area contributed by atoms with Crippen LogP contribution < -0.4 is 5.32 Å². The van der Waals surface area contributed by atoms with Crippen molar-refractivity contribution in [1.82, 2.24) is 5.32 Å². The Morgan fingerprint density at radius 2 is 2.05 bits per heavy atom. The van der Waals surface area contributed by atoms with Gasteiger partial charge in [0.2, 0.25) is 0 Å². The molecule has 0 atom stereocenters. The Bertz CT molecular complexity index is 366. The highest BCUT2D eigenvalue weighted by Crippen LogP contribution is 2.19. The van der Waals surface area contributed by atoms with Crippen LogP contribution in [0, 0.1) is 0 Å². The normalized spacial score (nSPS) is 11.2. The molecule has 0 bridgehead atoms. The van der Waals surface area contributed by atoms with Crippen LogP contribution in [0.15, 0.2) is 22.7 Å². The number of rotatable bonds is 9. The molecule has 0 aliphatic rings. The van der Waals surface area contributed by atoms with Crippen molar-refractivity contribution in [3.63, 3.8) is 0 Å². The zero-order valence-corrected chi connectivity index (χ0v) is 13.9. The van der Waals surface area contributed by atoms with E-state index >= 15 is 0 Å². The van der Waals surface area contributed by atoms with Crippen molar-refractivity contribution in [2.75, 3.05) is 6.61 Å². The van der Waals surface area contributed by atoms with Gasteiger partial charge in [0.15, 0.2) is 0 Å². The monoisotopic (exact) mass is 327 g/mol. The number of hydrogen-bond donors (Lipinski definition) is 1. The van der Waals surface area contributed by atoms with Gasteiger partial charge in [-0.2, -0.15) is 0 Å². The van der Waals surface area contributed by atoms with E-state index in [0.29, 0.717) is 12.6 Å². The first-order valence-electron chi connectivity index (χ1n) is 7.22. The summed E-state index contributed by atoms with van der Waals surface area (Å²) in [5.74, 6) is 0. The third-order valence-corrected chi connectivity index (χ3v) is 3.72. The first kappa shape index (κ1) is 16.7. The zero-order valence-electron chi connectivity index (χ0n) is 12.3. The molecule has 1 rings (SSSR count). The lowest BCUT2D eigenvalue weighted by Gasteiger charge is -2.11. The van der Waals surface area contributed by atoms with Crippen molar-refractivity contribution in [1.29, 1.82) is 0 Å². The van der Waals surface area contributed by atoms with Gasteiger partial charge >= 0.3 is 0 Å². The molecule has 0 aliphatic carbocycles. The molecule has 1 N–H and O–H groups in total. The number of ether oxygens (including phenoxy) is 1. The standard InChI is InChI=1S/C16H26BrNO/c1-4-5-6-9-19-12-15-8-7-14(10-16(15)17)11-18-13(2)3/h7-8,10,13,18H,4-6,9,11-12H2,1-3H3. The number of benzene rings is 1. The fourth-order valence-electron chi connectivity index (χ4n) is 1.78. The minimum absolute atomic E-state index is 0.514. The van der Waals surface area contributed by atoms with Gasteiger partial charge in [0.25, 0.3) is 0 Å². The molecular weight excluding hydrogens is 302 g/mol. The average Bonchev–Trinajstić information content (AvgIpc) is 2.38. The minimum Gasteiger partial charge on any atom is -0.377 e. The van der Waals surface area contributed by atoms with Gasteiger partial charge in [0, 0.05) is 23.7 Å². The smallest absolute Gasteiger partial charge is 0.0727 e. The largest absolute Gasteiger partial charge is 0.377 e. The van der Waals surface area contributed by atoms with E-state index in [2.05, 4.69) is 60.2 Å². The lowest BCUT2D eigenvalue weighted by atomic mass is 10.1.